The first-order valence-electron chi connectivity index (χ1n) is 12.1. The second-order valence-corrected chi connectivity index (χ2v) is 10.3. The van der Waals surface area contributed by atoms with Gasteiger partial charge in [0.05, 0.1) is 17.2 Å². The molecule has 2 atom stereocenters. The number of hydrogen-bond acceptors (Lipinski definition) is 7. The number of likely N-dealkylation sites (tertiary alicyclic amines) is 1. The van der Waals surface area contributed by atoms with Gasteiger partial charge in [0, 0.05) is 25.1 Å². The number of nitrogens with one attached hydrogen (secondary N) is 1. The molecule has 35 heavy (non-hydrogen) atoms. The van der Waals surface area contributed by atoms with Gasteiger partial charge in [-0.25, -0.2) is 4.98 Å². The van der Waals surface area contributed by atoms with Crippen molar-refractivity contribution in [1.82, 2.24) is 20.1 Å². The molecule has 0 saturated carbocycles. The number of rotatable bonds is 6. The van der Waals surface area contributed by atoms with E-state index in [2.05, 4.69) is 10.3 Å². The second kappa shape index (κ2) is 9.77. The van der Waals surface area contributed by atoms with Crippen molar-refractivity contribution in [2.24, 2.45) is 0 Å². The molecule has 0 spiro atoms. The summed E-state index contributed by atoms with van der Waals surface area (Å²) in [6.45, 7) is 3.40. The number of fused-ring (bicyclic) bond motifs is 1. The van der Waals surface area contributed by atoms with E-state index in [1.807, 2.05) is 17.9 Å². The normalized spacial score (nSPS) is 22.3. The van der Waals surface area contributed by atoms with Crippen LogP contribution in [0, 0.1) is 0 Å². The minimum absolute atomic E-state index is 0.00920. The summed E-state index contributed by atoms with van der Waals surface area (Å²) in [6, 6.07) is 4.66. The highest BCUT2D eigenvalue weighted by Gasteiger charge is 2.39. The van der Waals surface area contributed by atoms with Crippen LogP contribution in [0.1, 0.15) is 69.6 Å². The predicted molar refractivity (Wildman–Crippen MR) is 128 cm³/mol. The molecule has 1 aromatic carbocycles. The fraction of sp³-hybridized carbons (Fsp3) is 0.480. The van der Waals surface area contributed by atoms with Crippen LogP contribution in [0.3, 0.4) is 0 Å². The number of thiazole rings is 1. The number of imide groups is 1. The molecular weight excluding hydrogens is 468 g/mol. The molecule has 0 radical (unpaired) electrons. The third kappa shape index (κ3) is 4.67. The molecule has 2 fully saturated rings. The summed E-state index contributed by atoms with van der Waals surface area (Å²) < 4.78 is 6.10. The summed E-state index contributed by atoms with van der Waals surface area (Å²) in [6.07, 6.45) is 5.93. The van der Waals surface area contributed by atoms with Gasteiger partial charge in [-0.05, 0) is 55.9 Å². The Morgan fingerprint density at radius 1 is 1.23 bits per heavy atom. The molecule has 1 aromatic heterocycles. The summed E-state index contributed by atoms with van der Waals surface area (Å²) in [5.74, 6) is -0.294. The van der Waals surface area contributed by atoms with Crippen LogP contribution in [0.2, 0.25) is 0 Å². The smallest absolute Gasteiger partial charge is 0.265 e. The van der Waals surface area contributed by atoms with E-state index in [0.29, 0.717) is 42.3 Å². The highest BCUT2D eigenvalue weighted by molar-refractivity contribution is 7.13. The molecule has 2 aromatic rings. The summed E-state index contributed by atoms with van der Waals surface area (Å²) in [5, 5.41) is 3.28. The maximum atomic E-state index is 13.1. The minimum atomic E-state index is -0.640. The van der Waals surface area contributed by atoms with Crippen molar-refractivity contribution < 1.29 is 23.9 Å². The Morgan fingerprint density at radius 3 is 2.86 bits per heavy atom. The standard InChI is InChI=1S/C25H28N4O5S/c1-2-22-26-12-20(35-22)25(33)28-10-4-3-5-16(28)14-34-17-6-7-18-15(11-17)13-29(24(18)32)19-8-9-21(30)27-23(19)31/h6-7,11-12,16,19H,2-5,8-10,13-14H2,1H3,(H,27,30,31)/t16-,19?/m0/s1. The fourth-order valence-electron chi connectivity index (χ4n) is 4.99. The van der Waals surface area contributed by atoms with E-state index >= 15 is 0 Å². The van der Waals surface area contributed by atoms with E-state index in [0.717, 1.165) is 36.3 Å². The Kier molecular flexibility index (Phi) is 6.55. The van der Waals surface area contributed by atoms with Gasteiger partial charge < -0.3 is 14.5 Å². The highest BCUT2D eigenvalue weighted by Crippen LogP contribution is 2.31. The topological polar surface area (TPSA) is 109 Å². The van der Waals surface area contributed by atoms with Gasteiger partial charge in [-0.15, -0.1) is 11.3 Å². The molecule has 4 amide bonds. The first kappa shape index (κ1) is 23.5. The van der Waals surface area contributed by atoms with Gasteiger partial charge in [-0.3, -0.25) is 24.5 Å². The van der Waals surface area contributed by atoms with Crippen molar-refractivity contribution in [3.8, 4) is 5.75 Å². The molecule has 184 valence electrons. The summed E-state index contributed by atoms with van der Waals surface area (Å²) in [4.78, 5) is 58.1. The number of aryl methyl sites for hydroxylation is 1. The predicted octanol–water partition coefficient (Wildman–Crippen LogP) is 2.54. The number of carbonyl (C=O) groups excluding carboxylic acids is 4. The van der Waals surface area contributed by atoms with Crippen LogP contribution in [0.25, 0.3) is 0 Å². The molecule has 3 aliphatic rings. The number of hydrogen-bond donors (Lipinski definition) is 1. The van der Waals surface area contributed by atoms with Gasteiger partial charge in [0.1, 0.15) is 23.3 Å². The highest BCUT2D eigenvalue weighted by atomic mass is 32.1. The molecule has 3 aliphatic heterocycles. The molecule has 9 nitrogen and oxygen atoms in total. The van der Waals surface area contributed by atoms with Gasteiger partial charge in [-0.1, -0.05) is 6.92 Å². The molecule has 2 saturated heterocycles. The molecule has 0 aliphatic carbocycles. The molecule has 1 N–H and O–H groups in total. The number of aromatic nitrogens is 1. The van der Waals surface area contributed by atoms with E-state index in [9.17, 15) is 19.2 Å². The molecule has 10 heteroatoms. The molecular formula is C25H28N4O5S. The molecule has 4 heterocycles. The van der Waals surface area contributed by atoms with Crippen LogP contribution in [0.4, 0.5) is 0 Å². The molecule has 5 rings (SSSR count). The Balaban J connectivity index is 1.24. The van der Waals surface area contributed by atoms with Gasteiger partial charge in [0.15, 0.2) is 0 Å². The largest absolute Gasteiger partial charge is 0.491 e. The van der Waals surface area contributed by atoms with Crippen LogP contribution in [0.5, 0.6) is 5.75 Å². The van der Waals surface area contributed by atoms with Crippen LogP contribution in [-0.2, 0) is 22.6 Å². The number of nitrogens with zero attached hydrogens (tertiary/aromatic N) is 3. The van der Waals surface area contributed by atoms with E-state index in [1.165, 1.54) is 16.2 Å². The van der Waals surface area contributed by atoms with Crippen molar-refractivity contribution in [1.29, 1.82) is 0 Å². The summed E-state index contributed by atoms with van der Waals surface area (Å²) in [5.41, 5.74) is 1.35. The number of piperidine rings is 2. The first-order chi connectivity index (χ1) is 16.9. The minimum Gasteiger partial charge on any atom is -0.491 e. The van der Waals surface area contributed by atoms with Crippen molar-refractivity contribution in [3.05, 3.63) is 45.4 Å². The molecule has 1 unspecified atom stereocenters. The third-order valence-electron chi connectivity index (χ3n) is 6.89. The van der Waals surface area contributed by atoms with Gasteiger partial charge in [0.25, 0.3) is 11.8 Å². The number of benzene rings is 1. The van der Waals surface area contributed by atoms with Gasteiger partial charge in [-0.2, -0.15) is 0 Å². The zero-order valence-corrected chi connectivity index (χ0v) is 20.4. The maximum Gasteiger partial charge on any atom is 0.265 e. The zero-order valence-electron chi connectivity index (χ0n) is 19.6. The summed E-state index contributed by atoms with van der Waals surface area (Å²) >= 11 is 1.45. The third-order valence-corrected chi connectivity index (χ3v) is 8.02. The Hall–Kier alpha value is -3.27. The van der Waals surface area contributed by atoms with Gasteiger partial charge in [0.2, 0.25) is 11.8 Å². The van der Waals surface area contributed by atoms with Crippen molar-refractivity contribution >= 4 is 35.0 Å². The zero-order chi connectivity index (χ0) is 24.5. The van der Waals surface area contributed by atoms with Gasteiger partial charge >= 0.3 is 0 Å². The lowest BCUT2D eigenvalue weighted by atomic mass is 10.0. The van der Waals surface area contributed by atoms with Crippen molar-refractivity contribution in [2.75, 3.05) is 13.2 Å². The average molecular weight is 497 g/mol. The van der Waals surface area contributed by atoms with E-state index in [-0.39, 0.29) is 30.2 Å². The second-order valence-electron chi connectivity index (χ2n) is 9.15. The van der Waals surface area contributed by atoms with Crippen LogP contribution >= 0.6 is 11.3 Å². The van der Waals surface area contributed by atoms with Crippen molar-refractivity contribution in [3.63, 3.8) is 0 Å². The van der Waals surface area contributed by atoms with E-state index in [4.69, 9.17) is 4.74 Å². The van der Waals surface area contributed by atoms with Crippen LogP contribution < -0.4 is 10.1 Å². The number of ether oxygens (including phenoxy) is 1. The first-order valence-corrected chi connectivity index (χ1v) is 12.9. The maximum absolute atomic E-state index is 13.1. The quantitative estimate of drug-likeness (QED) is 0.616. The monoisotopic (exact) mass is 496 g/mol. The molecule has 0 bridgehead atoms. The lowest BCUT2D eigenvalue weighted by molar-refractivity contribution is -0.136. The SMILES string of the molecule is CCc1ncc(C(=O)N2CCCC[C@H]2COc2ccc3c(c2)CN(C2CCC(=O)NC2=O)C3=O)s1. The van der Waals surface area contributed by atoms with E-state index in [1.54, 1.807) is 18.3 Å². The number of amides is 4. The average Bonchev–Trinajstić information content (AvgIpc) is 3.47. The lowest BCUT2D eigenvalue weighted by Gasteiger charge is -2.35. The Morgan fingerprint density at radius 2 is 2.09 bits per heavy atom. The lowest BCUT2D eigenvalue weighted by Crippen LogP contribution is -2.52. The summed E-state index contributed by atoms with van der Waals surface area (Å²) in [7, 11) is 0. The van der Waals surface area contributed by atoms with Crippen LogP contribution in [0.15, 0.2) is 24.4 Å². The Bertz CT molecular complexity index is 1180. The van der Waals surface area contributed by atoms with Crippen molar-refractivity contribution in [2.45, 2.75) is 64.1 Å². The van der Waals surface area contributed by atoms with Crippen LogP contribution in [-0.4, -0.2) is 63.6 Å². The Labute approximate surface area is 207 Å². The van der Waals surface area contributed by atoms with E-state index < -0.39 is 11.9 Å². The fourth-order valence-corrected chi connectivity index (χ4v) is 5.80. The number of carbonyl (C=O) groups is 4.